The molecule has 7 nitrogen and oxygen atoms in total. The zero-order valence-corrected chi connectivity index (χ0v) is 19.1. The van der Waals surface area contributed by atoms with Crippen molar-refractivity contribution in [3.05, 3.63) is 34.6 Å². The average molecular weight is 433 g/mol. The number of carbonyl (C=O) groups is 1. The highest BCUT2D eigenvalue weighted by molar-refractivity contribution is 5.96. The van der Waals surface area contributed by atoms with E-state index in [1.807, 2.05) is 6.08 Å². The van der Waals surface area contributed by atoms with Crippen molar-refractivity contribution in [1.29, 1.82) is 0 Å². The molecular weight excluding hydrogens is 400 g/mol. The van der Waals surface area contributed by atoms with E-state index in [9.17, 15) is 15.0 Å². The van der Waals surface area contributed by atoms with E-state index < -0.39 is 17.7 Å². The lowest BCUT2D eigenvalue weighted by Gasteiger charge is -2.26. The number of esters is 1. The maximum atomic E-state index is 12.5. The monoisotopic (exact) mass is 432 g/mol. The minimum atomic E-state index is -1.09. The number of hydrogen-bond donors (Lipinski definition) is 2. The van der Waals surface area contributed by atoms with Crippen molar-refractivity contribution in [2.24, 2.45) is 5.92 Å². The van der Waals surface area contributed by atoms with Gasteiger partial charge in [0.15, 0.2) is 0 Å². The van der Waals surface area contributed by atoms with E-state index in [2.05, 4.69) is 13.8 Å². The van der Waals surface area contributed by atoms with Crippen molar-refractivity contribution >= 4 is 11.5 Å². The summed E-state index contributed by atoms with van der Waals surface area (Å²) in [6.07, 6.45) is 4.38. The summed E-state index contributed by atoms with van der Waals surface area (Å²) in [5.41, 5.74) is 1.52. The van der Waals surface area contributed by atoms with Gasteiger partial charge in [0.1, 0.15) is 23.4 Å². The molecule has 1 aromatic carbocycles. The zero-order valence-electron chi connectivity index (χ0n) is 19.1. The molecule has 0 aliphatic carbocycles. The Morgan fingerprint density at radius 1 is 1.35 bits per heavy atom. The molecule has 0 saturated heterocycles. The number of rotatable bonds is 7. The second kappa shape index (κ2) is 8.93. The molecule has 2 N–H and O–H groups in total. The van der Waals surface area contributed by atoms with Gasteiger partial charge in [-0.1, -0.05) is 19.9 Å². The van der Waals surface area contributed by atoms with Crippen molar-refractivity contribution < 1.29 is 34.0 Å². The number of carbonyl (C=O) groups excluding carboxylic acids is 1. The van der Waals surface area contributed by atoms with Crippen LogP contribution in [0, 0.1) is 5.92 Å². The summed E-state index contributed by atoms with van der Waals surface area (Å²) in [7, 11) is 1.57. The molecule has 2 aliphatic heterocycles. The van der Waals surface area contributed by atoms with Gasteiger partial charge in [0, 0.05) is 12.0 Å². The minimum Gasteiger partial charge on any atom is -0.496 e. The number of hydrogen-bond acceptors (Lipinski definition) is 7. The third kappa shape index (κ3) is 4.43. The molecule has 1 aromatic rings. The number of methoxy groups -OCH3 is 1. The molecule has 0 aromatic heterocycles. The highest BCUT2D eigenvalue weighted by Gasteiger charge is 2.42. The fourth-order valence-corrected chi connectivity index (χ4v) is 3.81. The Kier molecular flexibility index (Phi) is 6.67. The van der Waals surface area contributed by atoms with Gasteiger partial charge in [0.2, 0.25) is 5.76 Å². The van der Waals surface area contributed by atoms with E-state index in [1.165, 1.54) is 0 Å². The maximum Gasteiger partial charge on any atom is 0.374 e. The van der Waals surface area contributed by atoms with E-state index >= 15 is 0 Å². The van der Waals surface area contributed by atoms with Crippen molar-refractivity contribution in [3.63, 3.8) is 0 Å². The molecule has 31 heavy (non-hydrogen) atoms. The van der Waals surface area contributed by atoms with E-state index in [-0.39, 0.29) is 19.0 Å². The summed E-state index contributed by atoms with van der Waals surface area (Å²) < 4.78 is 22.9. The van der Waals surface area contributed by atoms with Gasteiger partial charge in [-0.05, 0) is 44.8 Å². The van der Waals surface area contributed by atoms with Gasteiger partial charge < -0.3 is 29.2 Å². The number of aliphatic hydroxyl groups excluding tert-OH is 1. The Bertz CT molecular complexity index is 919. The first-order chi connectivity index (χ1) is 14.6. The standard InChI is InChI=1S/C24H32O7/c1-7-29-23(26)17-10-14(9-8-13(2)3)19-21(28-6)15-11-18(24(4,5)27)31-20(15)16(12-25)22(19)30-17/h9-10,13,18,25,27H,7-8,11-12H2,1-6H3. The van der Waals surface area contributed by atoms with Crippen molar-refractivity contribution in [2.75, 3.05) is 13.7 Å². The van der Waals surface area contributed by atoms with Crippen LogP contribution in [-0.4, -0.2) is 41.6 Å². The predicted octanol–water partition coefficient (Wildman–Crippen LogP) is 3.53. The summed E-state index contributed by atoms with van der Waals surface area (Å²) in [4.78, 5) is 12.5. The molecule has 1 unspecified atom stereocenters. The van der Waals surface area contributed by atoms with Gasteiger partial charge in [-0.2, -0.15) is 0 Å². The van der Waals surface area contributed by atoms with Crippen LogP contribution in [0.1, 0.15) is 57.7 Å². The number of ether oxygens (including phenoxy) is 4. The fraction of sp³-hybridized carbons (Fsp3) is 0.542. The second-order valence-electron chi connectivity index (χ2n) is 8.77. The van der Waals surface area contributed by atoms with E-state index in [1.54, 1.807) is 34.0 Å². The highest BCUT2D eigenvalue weighted by atomic mass is 16.6. The third-order valence-electron chi connectivity index (χ3n) is 5.42. The molecule has 1 atom stereocenters. The summed E-state index contributed by atoms with van der Waals surface area (Å²) in [6.45, 7) is 9.15. The summed E-state index contributed by atoms with van der Waals surface area (Å²) >= 11 is 0. The lowest BCUT2D eigenvalue weighted by atomic mass is 9.90. The van der Waals surface area contributed by atoms with Crippen molar-refractivity contribution in [2.45, 2.75) is 65.8 Å². The Hall–Kier alpha value is -2.51. The molecule has 0 amide bonds. The van der Waals surface area contributed by atoms with Crippen LogP contribution in [0.4, 0.5) is 0 Å². The van der Waals surface area contributed by atoms with E-state index in [0.717, 1.165) is 17.6 Å². The SMILES string of the molecule is CCOC(=O)C1=CC(=CCC(C)C)c2c(OC)c3c(c(CO)c2O1)OC(C(C)(C)O)C3. The van der Waals surface area contributed by atoms with Crippen molar-refractivity contribution in [1.82, 2.24) is 0 Å². The summed E-state index contributed by atoms with van der Waals surface area (Å²) in [6, 6.07) is 0. The van der Waals surface area contributed by atoms with Crippen LogP contribution in [0.15, 0.2) is 17.9 Å². The van der Waals surface area contributed by atoms with Crippen LogP contribution in [0.3, 0.4) is 0 Å². The molecule has 2 aliphatic rings. The minimum absolute atomic E-state index is 0.0399. The molecule has 0 saturated carbocycles. The topological polar surface area (TPSA) is 94.5 Å². The first-order valence-electron chi connectivity index (χ1n) is 10.6. The summed E-state index contributed by atoms with van der Waals surface area (Å²) in [5.74, 6) is 1.16. The molecule has 7 heteroatoms. The predicted molar refractivity (Wildman–Crippen MR) is 116 cm³/mol. The number of fused-ring (bicyclic) bond motifs is 2. The molecule has 0 bridgehead atoms. The van der Waals surface area contributed by atoms with Gasteiger partial charge in [-0.25, -0.2) is 4.79 Å². The molecule has 170 valence electrons. The number of aliphatic hydroxyl groups is 2. The number of allylic oxidation sites excluding steroid dienone is 3. The third-order valence-corrected chi connectivity index (χ3v) is 5.42. The maximum absolute atomic E-state index is 12.5. The molecule has 2 heterocycles. The largest absolute Gasteiger partial charge is 0.496 e. The van der Waals surface area contributed by atoms with Gasteiger partial charge >= 0.3 is 5.97 Å². The Balaban J connectivity index is 2.23. The quantitative estimate of drug-likeness (QED) is 0.637. The highest BCUT2D eigenvalue weighted by Crippen LogP contribution is 2.53. The van der Waals surface area contributed by atoms with Gasteiger partial charge in [0.05, 0.1) is 37.1 Å². The molecule has 3 rings (SSSR count). The fourth-order valence-electron chi connectivity index (χ4n) is 3.81. The summed E-state index contributed by atoms with van der Waals surface area (Å²) in [5, 5.41) is 20.7. The first-order valence-corrected chi connectivity index (χ1v) is 10.6. The van der Waals surface area contributed by atoms with Gasteiger partial charge in [-0.15, -0.1) is 0 Å². The van der Waals surface area contributed by atoms with Crippen LogP contribution in [0.25, 0.3) is 5.57 Å². The van der Waals surface area contributed by atoms with Gasteiger partial charge in [-0.3, -0.25) is 0 Å². The van der Waals surface area contributed by atoms with Crippen LogP contribution in [0.5, 0.6) is 17.2 Å². The first kappa shape index (κ1) is 23.2. The van der Waals surface area contributed by atoms with E-state index in [4.69, 9.17) is 18.9 Å². The van der Waals surface area contributed by atoms with Crippen LogP contribution in [-0.2, 0) is 22.6 Å². The van der Waals surface area contributed by atoms with Crippen LogP contribution < -0.4 is 14.2 Å². The van der Waals surface area contributed by atoms with Crippen LogP contribution in [0.2, 0.25) is 0 Å². The Morgan fingerprint density at radius 3 is 2.61 bits per heavy atom. The lowest BCUT2D eigenvalue weighted by Crippen LogP contribution is -2.39. The number of benzene rings is 1. The smallest absolute Gasteiger partial charge is 0.374 e. The molecular formula is C24H32O7. The lowest BCUT2D eigenvalue weighted by molar-refractivity contribution is -0.141. The van der Waals surface area contributed by atoms with Crippen LogP contribution >= 0.6 is 0 Å². The molecule has 0 spiro atoms. The Labute approximate surface area is 183 Å². The normalized spacial score (nSPS) is 18.8. The van der Waals surface area contributed by atoms with Crippen molar-refractivity contribution in [3.8, 4) is 17.2 Å². The molecule has 0 fully saturated rings. The van der Waals surface area contributed by atoms with Gasteiger partial charge in [0.25, 0.3) is 0 Å². The second-order valence-corrected chi connectivity index (χ2v) is 8.77. The Morgan fingerprint density at radius 2 is 2.06 bits per heavy atom. The average Bonchev–Trinajstić information content (AvgIpc) is 3.15. The zero-order chi connectivity index (χ0) is 22.9. The van der Waals surface area contributed by atoms with E-state index in [0.29, 0.717) is 40.7 Å². The molecule has 0 radical (unpaired) electrons.